The van der Waals surface area contributed by atoms with Crippen molar-refractivity contribution in [3.63, 3.8) is 0 Å². The Morgan fingerprint density at radius 3 is 2.60 bits per heavy atom. The van der Waals surface area contributed by atoms with E-state index in [1.165, 1.54) is 0 Å². The van der Waals surface area contributed by atoms with Crippen LogP contribution in [0.3, 0.4) is 0 Å². The van der Waals surface area contributed by atoms with Crippen molar-refractivity contribution in [1.82, 2.24) is 4.90 Å². The third kappa shape index (κ3) is 3.63. The predicted octanol–water partition coefficient (Wildman–Crippen LogP) is 2.20. The number of anilines is 1. The molecule has 20 heavy (non-hydrogen) atoms. The second kappa shape index (κ2) is 6.44. The van der Waals surface area contributed by atoms with Gasteiger partial charge in [-0.1, -0.05) is 0 Å². The van der Waals surface area contributed by atoms with Crippen LogP contribution < -0.4 is 5.32 Å². The second-order valence-corrected chi connectivity index (χ2v) is 6.35. The van der Waals surface area contributed by atoms with E-state index in [2.05, 4.69) is 27.9 Å². The van der Waals surface area contributed by atoms with Gasteiger partial charge in [0.1, 0.15) is 0 Å². The van der Waals surface area contributed by atoms with Crippen LogP contribution in [0.15, 0.2) is 24.3 Å². The Hall–Kier alpha value is -1.29. The molecule has 1 aromatic rings. The first-order chi connectivity index (χ1) is 9.47. The maximum atomic E-state index is 12.0. The van der Waals surface area contributed by atoms with Gasteiger partial charge < -0.3 is 10.4 Å². The molecule has 1 atom stereocenters. The van der Waals surface area contributed by atoms with E-state index in [9.17, 15) is 14.4 Å². The van der Waals surface area contributed by atoms with E-state index in [0.29, 0.717) is 0 Å². The molecule has 8 heteroatoms. The number of hydrogen-bond donors (Lipinski definition) is 2. The van der Waals surface area contributed by atoms with E-state index in [-0.39, 0.29) is 13.0 Å². The maximum Gasteiger partial charge on any atom is 0.305 e. The molecule has 0 aliphatic carbocycles. The number of amides is 2. The number of benzene rings is 1. The van der Waals surface area contributed by atoms with Crippen molar-refractivity contribution < 1.29 is 19.5 Å². The molecule has 0 radical (unpaired) electrons. The lowest BCUT2D eigenvalue weighted by Gasteiger charge is -2.13. The van der Waals surface area contributed by atoms with Gasteiger partial charge in [-0.25, -0.2) is 0 Å². The third-order valence-electron chi connectivity index (χ3n) is 2.62. The van der Waals surface area contributed by atoms with Gasteiger partial charge in [-0.05, 0) is 58.6 Å². The van der Waals surface area contributed by atoms with E-state index in [1.807, 2.05) is 24.3 Å². The number of thioether (sulfide) groups is 1. The van der Waals surface area contributed by atoms with Crippen LogP contribution in [0.4, 0.5) is 10.5 Å². The topological polar surface area (TPSA) is 86.7 Å². The van der Waals surface area contributed by atoms with Gasteiger partial charge in [0.15, 0.2) is 5.37 Å². The molecule has 2 amide bonds. The molecule has 0 spiro atoms. The summed E-state index contributed by atoms with van der Waals surface area (Å²) in [6.07, 6.45) is -0.242. The standard InChI is InChI=1S/C12H11IN2O4S/c13-7-1-3-8(4-2-7)14-10-11(18)15(12(19)20-10)6-5-9(16)17/h1-4,10,14H,5-6H2,(H,16,17). The Labute approximate surface area is 133 Å². The molecular weight excluding hydrogens is 395 g/mol. The average molecular weight is 406 g/mol. The smallest absolute Gasteiger partial charge is 0.305 e. The number of hydrogen-bond acceptors (Lipinski definition) is 5. The molecule has 1 aromatic carbocycles. The van der Waals surface area contributed by atoms with Crippen molar-refractivity contribution in [3.05, 3.63) is 27.8 Å². The van der Waals surface area contributed by atoms with Crippen molar-refractivity contribution >= 4 is 57.2 Å². The second-order valence-electron chi connectivity index (χ2n) is 4.05. The first-order valence-electron chi connectivity index (χ1n) is 5.73. The highest BCUT2D eigenvalue weighted by Crippen LogP contribution is 2.28. The zero-order chi connectivity index (χ0) is 14.7. The summed E-state index contributed by atoms with van der Waals surface area (Å²) in [5.74, 6) is -1.44. The Kier molecular flexibility index (Phi) is 4.86. The zero-order valence-corrected chi connectivity index (χ0v) is 13.2. The molecular formula is C12H11IN2O4S. The summed E-state index contributed by atoms with van der Waals surface area (Å²) in [6.45, 7) is -0.0924. The van der Waals surface area contributed by atoms with Crippen LogP contribution >= 0.6 is 34.4 Å². The molecule has 106 valence electrons. The molecule has 1 aliphatic heterocycles. The fourth-order valence-electron chi connectivity index (χ4n) is 1.64. The minimum absolute atomic E-state index is 0.0924. The lowest BCUT2D eigenvalue weighted by molar-refractivity contribution is -0.137. The largest absolute Gasteiger partial charge is 0.481 e. The Morgan fingerprint density at radius 2 is 2.00 bits per heavy atom. The monoisotopic (exact) mass is 406 g/mol. The number of carbonyl (C=O) groups excluding carboxylic acids is 2. The number of rotatable bonds is 5. The summed E-state index contributed by atoms with van der Waals surface area (Å²) in [7, 11) is 0. The first-order valence-corrected chi connectivity index (χ1v) is 7.69. The highest BCUT2D eigenvalue weighted by molar-refractivity contribution is 14.1. The van der Waals surface area contributed by atoms with Gasteiger partial charge in [0.2, 0.25) is 0 Å². The zero-order valence-electron chi connectivity index (χ0n) is 10.2. The summed E-state index contributed by atoms with van der Waals surface area (Å²) in [5.41, 5.74) is 0.740. The SMILES string of the molecule is O=C(O)CCN1C(=O)SC(Nc2ccc(I)cc2)C1=O. The van der Waals surface area contributed by atoms with Gasteiger partial charge in [-0.3, -0.25) is 19.3 Å². The van der Waals surface area contributed by atoms with Gasteiger partial charge in [-0.15, -0.1) is 0 Å². The van der Waals surface area contributed by atoms with Crippen LogP contribution in [0.25, 0.3) is 0 Å². The van der Waals surface area contributed by atoms with Crippen LogP contribution in [0, 0.1) is 3.57 Å². The molecule has 6 nitrogen and oxygen atoms in total. The molecule has 1 heterocycles. The average Bonchev–Trinajstić information content (AvgIpc) is 2.65. The van der Waals surface area contributed by atoms with Crippen LogP contribution in [0.2, 0.25) is 0 Å². The van der Waals surface area contributed by atoms with Crippen molar-refractivity contribution in [2.75, 3.05) is 11.9 Å². The molecule has 0 aromatic heterocycles. The van der Waals surface area contributed by atoms with Crippen molar-refractivity contribution in [1.29, 1.82) is 0 Å². The Bertz CT molecular complexity index is 549. The number of halogens is 1. The minimum atomic E-state index is -1.04. The van der Waals surface area contributed by atoms with Gasteiger partial charge in [0.05, 0.1) is 6.42 Å². The number of nitrogens with zero attached hydrogens (tertiary/aromatic N) is 1. The van der Waals surface area contributed by atoms with E-state index in [0.717, 1.165) is 25.9 Å². The summed E-state index contributed by atoms with van der Waals surface area (Å²) in [5, 5.41) is 10.5. The van der Waals surface area contributed by atoms with Crippen LogP contribution in [-0.2, 0) is 9.59 Å². The van der Waals surface area contributed by atoms with Crippen molar-refractivity contribution in [2.45, 2.75) is 11.8 Å². The molecule has 2 rings (SSSR count). The van der Waals surface area contributed by atoms with Gasteiger partial charge in [0, 0.05) is 15.8 Å². The van der Waals surface area contributed by atoms with Crippen molar-refractivity contribution in [3.8, 4) is 0 Å². The number of imide groups is 1. The highest BCUT2D eigenvalue weighted by Gasteiger charge is 2.39. The molecule has 1 fully saturated rings. The van der Waals surface area contributed by atoms with Gasteiger partial charge in [-0.2, -0.15) is 0 Å². The van der Waals surface area contributed by atoms with E-state index < -0.39 is 22.5 Å². The van der Waals surface area contributed by atoms with Crippen LogP contribution in [0.1, 0.15) is 6.42 Å². The van der Waals surface area contributed by atoms with E-state index >= 15 is 0 Å². The molecule has 2 N–H and O–H groups in total. The lowest BCUT2D eigenvalue weighted by atomic mass is 10.3. The van der Waals surface area contributed by atoms with Gasteiger partial charge >= 0.3 is 5.97 Å². The Morgan fingerprint density at radius 1 is 1.35 bits per heavy atom. The lowest BCUT2D eigenvalue weighted by Crippen LogP contribution is -2.35. The normalized spacial score (nSPS) is 18.4. The number of carboxylic acid groups (broad SMARTS) is 1. The minimum Gasteiger partial charge on any atom is -0.481 e. The summed E-state index contributed by atoms with van der Waals surface area (Å²) in [4.78, 5) is 35.2. The van der Waals surface area contributed by atoms with E-state index in [4.69, 9.17) is 5.11 Å². The maximum absolute atomic E-state index is 12.0. The van der Waals surface area contributed by atoms with Crippen molar-refractivity contribution in [2.24, 2.45) is 0 Å². The number of carboxylic acids is 1. The molecule has 1 unspecified atom stereocenters. The molecule has 0 saturated carbocycles. The number of carbonyl (C=O) groups is 3. The molecule has 1 aliphatic rings. The third-order valence-corrected chi connectivity index (χ3v) is 4.32. The fourth-order valence-corrected chi connectivity index (χ4v) is 2.94. The summed E-state index contributed by atoms with van der Waals surface area (Å²) in [6, 6.07) is 7.41. The predicted molar refractivity (Wildman–Crippen MR) is 83.5 cm³/mol. The molecule has 0 bridgehead atoms. The van der Waals surface area contributed by atoms with Crippen LogP contribution in [-0.4, -0.2) is 39.0 Å². The summed E-state index contributed by atoms with van der Waals surface area (Å²) < 4.78 is 1.07. The van der Waals surface area contributed by atoms with Gasteiger partial charge in [0.25, 0.3) is 11.1 Å². The number of nitrogens with one attached hydrogen (secondary N) is 1. The first kappa shape index (κ1) is 15.1. The fraction of sp³-hybridized carbons (Fsp3) is 0.250. The highest BCUT2D eigenvalue weighted by atomic mass is 127. The van der Waals surface area contributed by atoms with E-state index in [1.54, 1.807) is 0 Å². The molecule has 1 saturated heterocycles. The summed E-state index contributed by atoms with van der Waals surface area (Å²) >= 11 is 3.03. The number of aliphatic carboxylic acids is 1. The quantitative estimate of drug-likeness (QED) is 0.730. The van der Waals surface area contributed by atoms with Crippen LogP contribution in [0.5, 0.6) is 0 Å². The Balaban J connectivity index is 2.00.